The van der Waals surface area contributed by atoms with Gasteiger partial charge in [0.25, 0.3) is 0 Å². The lowest BCUT2D eigenvalue weighted by Gasteiger charge is -2.09. The number of nitrogens with zero attached hydrogens (tertiary/aromatic N) is 2. The fourth-order valence-corrected chi connectivity index (χ4v) is 2.02. The molecule has 0 atom stereocenters. The second kappa shape index (κ2) is 4.00. The maximum atomic E-state index is 4.55. The summed E-state index contributed by atoms with van der Waals surface area (Å²) in [5.41, 5.74) is 4.21. The van der Waals surface area contributed by atoms with Gasteiger partial charge in [-0.15, -0.1) is 0 Å². The molecule has 0 saturated heterocycles. The van der Waals surface area contributed by atoms with Gasteiger partial charge in [-0.2, -0.15) is 0 Å². The van der Waals surface area contributed by atoms with Crippen molar-refractivity contribution in [3.05, 3.63) is 36.3 Å². The minimum absolute atomic E-state index is 0.928. The Hall–Kier alpha value is -1.77. The number of aromatic nitrogens is 2. The summed E-state index contributed by atoms with van der Waals surface area (Å²) in [6, 6.07) is 6.11. The van der Waals surface area contributed by atoms with E-state index in [-0.39, 0.29) is 0 Å². The van der Waals surface area contributed by atoms with E-state index < -0.39 is 0 Å². The molecule has 2 aromatic rings. The predicted octanol–water partition coefficient (Wildman–Crippen LogP) is 3.31. The van der Waals surface area contributed by atoms with Crippen LogP contribution in [0.15, 0.2) is 30.5 Å². The second-order valence-corrected chi connectivity index (χ2v) is 3.98. The minimum Gasteiger partial charge on any atom is -0.358 e. The van der Waals surface area contributed by atoms with E-state index in [2.05, 4.69) is 34.4 Å². The molecule has 1 heterocycles. The maximum Gasteiger partial charge on any atom is 0.106 e. The van der Waals surface area contributed by atoms with Crippen LogP contribution in [0, 0.1) is 6.92 Å². The highest BCUT2D eigenvalue weighted by atomic mass is 15.1. The monoisotopic (exact) mass is 215 g/mol. The summed E-state index contributed by atoms with van der Waals surface area (Å²) in [4.78, 5) is 4.55. The summed E-state index contributed by atoms with van der Waals surface area (Å²) in [6.45, 7) is 10.9. The van der Waals surface area contributed by atoms with E-state index in [1.807, 2.05) is 26.0 Å². The van der Waals surface area contributed by atoms with Crippen LogP contribution in [0.3, 0.4) is 0 Å². The first-order chi connectivity index (χ1) is 7.63. The molecule has 0 saturated carbocycles. The zero-order valence-corrected chi connectivity index (χ0v) is 10.0. The van der Waals surface area contributed by atoms with Gasteiger partial charge in [-0.05, 0) is 32.9 Å². The summed E-state index contributed by atoms with van der Waals surface area (Å²) in [5.74, 6) is 1.05. The van der Waals surface area contributed by atoms with Gasteiger partial charge in [0.1, 0.15) is 5.82 Å². The number of para-hydroxylation sites is 1. The van der Waals surface area contributed by atoms with Gasteiger partial charge in [-0.25, -0.2) is 4.98 Å². The SMILES string of the molecule is C=C(C)Nc1cccc2nc(C)n(CC)c12. The summed E-state index contributed by atoms with van der Waals surface area (Å²) in [6.07, 6.45) is 0. The lowest BCUT2D eigenvalue weighted by Crippen LogP contribution is -2.01. The Bertz CT molecular complexity index is 537. The summed E-state index contributed by atoms with van der Waals surface area (Å²) >= 11 is 0. The molecule has 0 fully saturated rings. The molecule has 0 aliphatic rings. The Labute approximate surface area is 95.8 Å². The fourth-order valence-electron chi connectivity index (χ4n) is 2.02. The van der Waals surface area contributed by atoms with Gasteiger partial charge < -0.3 is 9.88 Å². The van der Waals surface area contributed by atoms with Gasteiger partial charge >= 0.3 is 0 Å². The molecule has 84 valence electrons. The van der Waals surface area contributed by atoms with Crippen molar-refractivity contribution < 1.29 is 0 Å². The highest BCUT2D eigenvalue weighted by Crippen LogP contribution is 2.25. The van der Waals surface area contributed by atoms with Gasteiger partial charge in [0.05, 0.1) is 16.7 Å². The van der Waals surface area contributed by atoms with Gasteiger partial charge in [-0.3, -0.25) is 0 Å². The normalized spacial score (nSPS) is 10.7. The van der Waals surface area contributed by atoms with Gasteiger partial charge in [-0.1, -0.05) is 12.6 Å². The van der Waals surface area contributed by atoms with Gasteiger partial charge in [0, 0.05) is 12.2 Å². The quantitative estimate of drug-likeness (QED) is 0.851. The van der Waals surface area contributed by atoms with Crippen molar-refractivity contribution in [2.24, 2.45) is 0 Å². The van der Waals surface area contributed by atoms with Crippen molar-refractivity contribution in [2.45, 2.75) is 27.3 Å². The Morgan fingerprint density at radius 1 is 1.50 bits per heavy atom. The number of aryl methyl sites for hydroxylation is 2. The standard InChI is InChI=1S/C13H17N3/c1-5-16-10(4)15-12-8-6-7-11(13(12)16)14-9(2)3/h6-8,14H,2,5H2,1,3-4H3. The number of benzene rings is 1. The first kappa shape index (κ1) is 10.7. The molecule has 2 rings (SSSR count). The number of anilines is 1. The van der Waals surface area contributed by atoms with Crippen LogP contribution in [0.5, 0.6) is 0 Å². The van der Waals surface area contributed by atoms with Gasteiger partial charge in [0.2, 0.25) is 0 Å². The Morgan fingerprint density at radius 3 is 2.88 bits per heavy atom. The number of hydrogen-bond acceptors (Lipinski definition) is 2. The topological polar surface area (TPSA) is 29.9 Å². The average Bonchev–Trinajstić information content (AvgIpc) is 2.53. The predicted molar refractivity (Wildman–Crippen MR) is 68.6 cm³/mol. The minimum atomic E-state index is 0.928. The Balaban J connectivity index is 2.68. The first-order valence-corrected chi connectivity index (χ1v) is 5.52. The number of imidazole rings is 1. The molecule has 0 aliphatic heterocycles. The molecule has 0 spiro atoms. The molecule has 16 heavy (non-hydrogen) atoms. The van der Waals surface area contributed by atoms with Gasteiger partial charge in [0.15, 0.2) is 0 Å². The van der Waals surface area contributed by atoms with Crippen molar-refractivity contribution in [2.75, 3.05) is 5.32 Å². The average molecular weight is 215 g/mol. The number of rotatable bonds is 3. The Kier molecular flexibility index (Phi) is 2.69. The largest absolute Gasteiger partial charge is 0.358 e. The molecule has 0 aliphatic carbocycles. The highest BCUT2D eigenvalue weighted by molar-refractivity contribution is 5.89. The zero-order chi connectivity index (χ0) is 11.7. The van der Waals surface area contributed by atoms with E-state index in [0.29, 0.717) is 0 Å². The van der Waals surface area contributed by atoms with E-state index in [0.717, 1.165) is 34.8 Å². The van der Waals surface area contributed by atoms with Crippen molar-refractivity contribution in [3.8, 4) is 0 Å². The number of allylic oxidation sites excluding steroid dienone is 1. The third-order valence-electron chi connectivity index (χ3n) is 2.62. The van der Waals surface area contributed by atoms with Crippen LogP contribution in [-0.4, -0.2) is 9.55 Å². The molecule has 0 radical (unpaired) electrons. The second-order valence-electron chi connectivity index (χ2n) is 3.98. The van der Waals surface area contributed by atoms with Crippen molar-refractivity contribution in [1.29, 1.82) is 0 Å². The molecule has 0 amide bonds. The lowest BCUT2D eigenvalue weighted by molar-refractivity contribution is 0.754. The summed E-state index contributed by atoms with van der Waals surface area (Å²) < 4.78 is 2.21. The van der Waals surface area contributed by atoms with Crippen molar-refractivity contribution >= 4 is 16.7 Å². The number of hydrogen-bond donors (Lipinski definition) is 1. The van der Waals surface area contributed by atoms with Crippen LogP contribution in [0.1, 0.15) is 19.7 Å². The van der Waals surface area contributed by atoms with Crippen LogP contribution in [0.2, 0.25) is 0 Å². The third-order valence-corrected chi connectivity index (χ3v) is 2.62. The van der Waals surface area contributed by atoms with E-state index in [1.54, 1.807) is 0 Å². The van der Waals surface area contributed by atoms with E-state index in [9.17, 15) is 0 Å². The molecule has 0 bridgehead atoms. The summed E-state index contributed by atoms with van der Waals surface area (Å²) in [5, 5.41) is 3.28. The van der Waals surface area contributed by atoms with Crippen molar-refractivity contribution in [1.82, 2.24) is 9.55 Å². The molecule has 1 aromatic carbocycles. The van der Waals surface area contributed by atoms with E-state index in [4.69, 9.17) is 0 Å². The third kappa shape index (κ3) is 1.69. The van der Waals surface area contributed by atoms with Crippen LogP contribution in [-0.2, 0) is 6.54 Å². The molecule has 1 N–H and O–H groups in total. The van der Waals surface area contributed by atoms with Crippen LogP contribution < -0.4 is 5.32 Å². The first-order valence-electron chi connectivity index (χ1n) is 5.52. The maximum absolute atomic E-state index is 4.55. The van der Waals surface area contributed by atoms with Crippen LogP contribution in [0.4, 0.5) is 5.69 Å². The number of fused-ring (bicyclic) bond motifs is 1. The molecule has 1 aromatic heterocycles. The molecule has 3 heteroatoms. The lowest BCUT2D eigenvalue weighted by atomic mass is 10.2. The molecular formula is C13H17N3. The van der Waals surface area contributed by atoms with E-state index in [1.165, 1.54) is 0 Å². The molecule has 3 nitrogen and oxygen atoms in total. The van der Waals surface area contributed by atoms with Crippen LogP contribution >= 0.6 is 0 Å². The highest BCUT2D eigenvalue weighted by Gasteiger charge is 2.09. The smallest absolute Gasteiger partial charge is 0.106 e. The van der Waals surface area contributed by atoms with E-state index >= 15 is 0 Å². The van der Waals surface area contributed by atoms with Crippen molar-refractivity contribution in [3.63, 3.8) is 0 Å². The Morgan fingerprint density at radius 2 is 2.25 bits per heavy atom. The molecule has 0 unspecified atom stereocenters. The summed E-state index contributed by atoms with van der Waals surface area (Å²) in [7, 11) is 0. The molecular weight excluding hydrogens is 198 g/mol. The fraction of sp³-hybridized carbons (Fsp3) is 0.308. The van der Waals surface area contributed by atoms with Crippen LogP contribution in [0.25, 0.3) is 11.0 Å². The zero-order valence-electron chi connectivity index (χ0n) is 10.0. The number of nitrogens with one attached hydrogen (secondary N) is 1.